The summed E-state index contributed by atoms with van der Waals surface area (Å²) in [4.78, 5) is 1.06. The Balaban J connectivity index is 3.05. The fourth-order valence-electron chi connectivity index (χ4n) is 0.875. The van der Waals surface area contributed by atoms with Gasteiger partial charge in [0.05, 0.1) is 6.10 Å². The van der Waals surface area contributed by atoms with Crippen molar-refractivity contribution in [3.05, 3.63) is 16.1 Å². The van der Waals surface area contributed by atoms with Crippen LogP contribution in [0.3, 0.4) is 0 Å². The largest absolute Gasteiger partial charge is 0.388 e. The van der Waals surface area contributed by atoms with E-state index in [2.05, 4.69) is 0 Å². The van der Waals surface area contributed by atoms with Gasteiger partial charge in [-0.15, -0.1) is 0 Å². The molecule has 0 aliphatic heterocycles. The van der Waals surface area contributed by atoms with Crippen LogP contribution in [0.25, 0.3) is 0 Å². The van der Waals surface area contributed by atoms with Crippen LogP contribution in [0.1, 0.15) is 23.6 Å². The van der Waals surface area contributed by atoms with Gasteiger partial charge in [-0.25, -0.2) is 0 Å². The van der Waals surface area contributed by atoms with Gasteiger partial charge in [-0.3, -0.25) is 0 Å². The van der Waals surface area contributed by atoms with Gasteiger partial charge in [0.25, 0.3) is 0 Å². The highest BCUT2D eigenvalue weighted by atomic mass is 32.1. The van der Waals surface area contributed by atoms with Crippen molar-refractivity contribution >= 4 is 11.3 Å². The quantitative estimate of drug-likeness (QED) is 0.604. The van der Waals surface area contributed by atoms with Crippen LogP contribution in [0.5, 0.6) is 0 Å². The molecule has 0 aliphatic rings. The molecule has 0 aromatic carbocycles. The molecule has 1 unspecified atom stereocenters. The van der Waals surface area contributed by atoms with E-state index in [0.29, 0.717) is 0 Å². The molecule has 3 heteroatoms. The second-order valence-electron chi connectivity index (χ2n) is 2.46. The Bertz CT molecular complexity index is 230. The minimum absolute atomic E-state index is 0.328. The Hall–Kier alpha value is -0.410. The molecule has 0 saturated carbocycles. The maximum absolute atomic E-state index is 9.21. The first-order valence-electron chi connectivity index (χ1n) is 3.24. The fraction of sp³-hybridized carbons (Fsp3) is 0.571. The summed E-state index contributed by atoms with van der Waals surface area (Å²) in [7, 11) is 1.98. The van der Waals surface area contributed by atoms with E-state index in [9.17, 15) is 5.11 Å². The van der Waals surface area contributed by atoms with Crippen molar-refractivity contribution in [1.29, 1.82) is 0 Å². The lowest BCUT2D eigenvalue weighted by Crippen LogP contribution is -2.28. The molecule has 1 rings (SSSR count). The highest BCUT2D eigenvalue weighted by Gasteiger charge is 2.14. The Labute approximate surface area is 64.8 Å². The molecule has 56 valence electrons. The van der Waals surface area contributed by atoms with Crippen LogP contribution in [-0.4, -0.2) is 5.11 Å². The molecule has 0 amide bonds. The normalized spacial score (nSPS) is 13.6. The summed E-state index contributed by atoms with van der Waals surface area (Å²) in [5.41, 5.74) is 3.15. The number of aromatic nitrogens is 1. The van der Waals surface area contributed by atoms with E-state index in [-0.39, 0.29) is 6.10 Å². The van der Waals surface area contributed by atoms with Crippen molar-refractivity contribution < 1.29 is 9.67 Å². The van der Waals surface area contributed by atoms with E-state index in [0.717, 1.165) is 10.6 Å². The lowest BCUT2D eigenvalue weighted by Gasteiger charge is -1.96. The number of aliphatic hydroxyl groups excluding tert-OH is 1. The fourth-order valence-corrected chi connectivity index (χ4v) is 1.82. The Morgan fingerprint density at radius 3 is 2.50 bits per heavy atom. The zero-order valence-electron chi connectivity index (χ0n) is 6.46. The van der Waals surface area contributed by atoms with Gasteiger partial charge >= 0.3 is 0 Å². The summed E-state index contributed by atoms with van der Waals surface area (Å²) in [6.07, 6.45) is -0.328. The molecular weight excluding hydrogens is 146 g/mol. The standard InChI is InChI=1S/C7H12NOS/c1-5-7(6(2)9)10-4-8(5)3/h4,6,9H,1-3H3/q+1. The van der Waals surface area contributed by atoms with E-state index in [1.165, 1.54) is 0 Å². The summed E-state index contributed by atoms with van der Waals surface area (Å²) in [6, 6.07) is 0. The number of nitrogens with zero attached hydrogens (tertiary/aromatic N) is 1. The third-order valence-electron chi connectivity index (χ3n) is 1.60. The summed E-state index contributed by atoms with van der Waals surface area (Å²) in [5.74, 6) is 0. The molecule has 1 aromatic rings. The molecule has 2 nitrogen and oxygen atoms in total. The summed E-state index contributed by atoms with van der Waals surface area (Å²) in [5, 5.41) is 9.21. The van der Waals surface area contributed by atoms with Gasteiger partial charge in [-0.2, -0.15) is 4.57 Å². The second kappa shape index (κ2) is 2.68. The number of hydrogen-bond acceptors (Lipinski definition) is 2. The minimum atomic E-state index is -0.328. The van der Waals surface area contributed by atoms with Gasteiger partial charge in [0.1, 0.15) is 11.9 Å². The molecule has 0 aliphatic carbocycles. The van der Waals surface area contributed by atoms with Crippen LogP contribution in [0.4, 0.5) is 0 Å². The highest BCUT2D eigenvalue weighted by molar-refractivity contribution is 7.09. The lowest BCUT2D eigenvalue weighted by atomic mass is 10.3. The van der Waals surface area contributed by atoms with E-state index in [1.807, 2.05) is 24.0 Å². The predicted molar refractivity (Wildman–Crippen MR) is 40.9 cm³/mol. The molecule has 0 saturated heterocycles. The number of thiazole rings is 1. The maximum Gasteiger partial charge on any atom is 0.225 e. The van der Waals surface area contributed by atoms with Crippen molar-refractivity contribution in [1.82, 2.24) is 0 Å². The van der Waals surface area contributed by atoms with Crippen molar-refractivity contribution in [3.63, 3.8) is 0 Å². The molecule has 0 spiro atoms. The van der Waals surface area contributed by atoms with Crippen LogP contribution >= 0.6 is 11.3 Å². The van der Waals surface area contributed by atoms with E-state index in [1.54, 1.807) is 18.3 Å². The highest BCUT2D eigenvalue weighted by Crippen LogP contribution is 2.18. The molecule has 0 fully saturated rings. The van der Waals surface area contributed by atoms with E-state index in [4.69, 9.17) is 0 Å². The van der Waals surface area contributed by atoms with Crippen molar-refractivity contribution in [2.24, 2.45) is 7.05 Å². The van der Waals surface area contributed by atoms with Gasteiger partial charge in [0.2, 0.25) is 5.51 Å². The predicted octanol–water partition coefficient (Wildman–Crippen LogP) is 0.934. The zero-order valence-corrected chi connectivity index (χ0v) is 7.27. The second-order valence-corrected chi connectivity index (χ2v) is 3.35. The third-order valence-corrected chi connectivity index (χ3v) is 2.91. The van der Waals surface area contributed by atoms with Crippen LogP contribution in [-0.2, 0) is 7.05 Å². The number of rotatable bonds is 1. The smallest absolute Gasteiger partial charge is 0.225 e. The zero-order chi connectivity index (χ0) is 7.72. The summed E-state index contributed by atoms with van der Waals surface area (Å²) >= 11 is 1.60. The Morgan fingerprint density at radius 2 is 2.30 bits per heavy atom. The SMILES string of the molecule is Cc1c(C(C)O)sc[n+]1C. The monoisotopic (exact) mass is 158 g/mol. The van der Waals surface area contributed by atoms with Crippen molar-refractivity contribution in [2.75, 3.05) is 0 Å². The number of aliphatic hydroxyl groups is 1. The van der Waals surface area contributed by atoms with Gasteiger partial charge in [-0.05, 0) is 6.92 Å². The van der Waals surface area contributed by atoms with Crippen LogP contribution in [0.15, 0.2) is 5.51 Å². The maximum atomic E-state index is 9.21. The Morgan fingerprint density at radius 1 is 1.70 bits per heavy atom. The van der Waals surface area contributed by atoms with E-state index < -0.39 is 0 Å². The number of aryl methyl sites for hydroxylation is 1. The first kappa shape index (κ1) is 7.69. The van der Waals surface area contributed by atoms with E-state index >= 15 is 0 Å². The first-order chi connectivity index (χ1) is 4.63. The molecular formula is C7H12NOS+. The minimum Gasteiger partial charge on any atom is -0.388 e. The third kappa shape index (κ3) is 1.20. The van der Waals surface area contributed by atoms with Gasteiger partial charge in [0, 0.05) is 6.92 Å². The van der Waals surface area contributed by atoms with Crippen molar-refractivity contribution in [2.45, 2.75) is 20.0 Å². The Kier molecular flexibility index (Phi) is 2.06. The topological polar surface area (TPSA) is 24.1 Å². The molecule has 1 aromatic heterocycles. The summed E-state index contributed by atoms with van der Waals surface area (Å²) in [6.45, 7) is 3.80. The lowest BCUT2D eigenvalue weighted by molar-refractivity contribution is -0.673. The molecule has 1 N–H and O–H groups in total. The average molecular weight is 158 g/mol. The number of hydrogen-bond donors (Lipinski definition) is 1. The van der Waals surface area contributed by atoms with Gasteiger partial charge in [-0.1, -0.05) is 11.3 Å². The molecule has 0 radical (unpaired) electrons. The molecule has 1 heterocycles. The molecule has 1 atom stereocenters. The van der Waals surface area contributed by atoms with Crippen LogP contribution in [0.2, 0.25) is 0 Å². The van der Waals surface area contributed by atoms with Gasteiger partial charge in [0.15, 0.2) is 5.69 Å². The average Bonchev–Trinajstić information content (AvgIpc) is 2.14. The van der Waals surface area contributed by atoms with Crippen LogP contribution < -0.4 is 4.57 Å². The summed E-state index contributed by atoms with van der Waals surface area (Å²) < 4.78 is 2.02. The first-order valence-corrected chi connectivity index (χ1v) is 4.12. The van der Waals surface area contributed by atoms with Crippen LogP contribution in [0, 0.1) is 6.92 Å². The molecule has 0 bridgehead atoms. The van der Waals surface area contributed by atoms with Gasteiger partial charge < -0.3 is 5.11 Å². The van der Waals surface area contributed by atoms with Crippen molar-refractivity contribution in [3.8, 4) is 0 Å². The molecule has 10 heavy (non-hydrogen) atoms.